The first-order valence-corrected chi connectivity index (χ1v) is 9.05. The van der Waals surface area contributed by atoms with Gasteiger partial charge in [-0.25, -0.2) is 4.39 Å². The summed E-state index contributed by atoms with van der Waals surface area (Å²) in [5.74, 6) is 0.407. The highest BCUT2D eigenvalue weighted by Crippen LogP contribution is 2.29. The Labute approximate surface area is 148 Å². The van der Waals surface area contributed by atoms with E-state index >= 15 is 0 Å². The fourth-order valence-electron chi connectivity index (χ4n) is 3.27. The fourth-order valence-corrected chi connectivity index (χ4v) is 3.27. The first-order chi connectivity index (χ1) is 12.0. The summed E-state index contributed by atoms with van der Waals surface area (Å²) in [7, 11) is 0. The van der Waals surface area contributed by atoms with Crippen LogP contribution in [0.25, 0.3) is 10.9 Å². The van der Waals surface area contributed by atoms with Crippen molar-refractivity contribution in [1.82, 2.24) is 10.3 Å². The molecular weight excluding hydrogens is 317 g/mol. The first-order valence-electron chi connectivity index (χ1n) is 9.05. The molecule has 5 heteroatoms. The van der Waals surface area contributed by atoms with Gasteiger partial charge < -0.3 is 10.2 Å². The lowest BCUT2D eigenvalue weighted by Crippen LogP contribution is -2.44. The molecular formula is C20H26FN3O. The minimum absolute atomic E-state index is 0.0722. The van der Waals surface area contributed by atoms with Crippen LogP contribution in [0.15, 0.2) is 30.5 Å². The normalized spacial score (nSPS) is 17.1. The number of pyridine rings is 1. The molecule has 1 aromatic carbocycles. The van der Waals surface area contributed by atoms with Gasteiger partial charge in [-0.1, -0.05) is 13.8 Å². The quantitative estimate of drug-likeness (QED) is 0.919. The molecule has 1 aliphatic heterocycles. The summed E-state index contributed by atoms with van der Waals surface area (Å²) in [5.41, 5.74) is 1.74. The average Bonchev–Trinajstić information content (AvgIpc) is 2.61. The molecule has 1 amide bonds. The Kier molecular flexibility index (Phi) is 5.21. The van der Waals surface area contributed by atoms with Crippen molar-refractivity contribution in [2.75, 3.05) is 18.0 Å². The maximum atomic E-state index is 13.4. The molecule has 0 saturated carbocycles. The Balaban J connectivity index is 1.68. The van der Waals surface area contributed by atoms with Crippen molar-refractivity contribution in [3.8, 4) is 0 Å². The van der Waals surface area contributed by atoms with Gasteiger partial charge in [0, 0.05) is 48.4 Å². The summed E-state index contributed by atoms with van der Waals surface area (Å²) in [5, 5.41) is 4.09. The van der Waals surface area contributed by atoms with Crippen molar-refractivity contribution in [1.29, 1.82) is 0 Å². The highest BCUT2D eigenvalue weighted by Gasteiger charge is 2.27. The van der Waals surface area contributed by atoms with Gasteiger partial charge in [-0.15, -0.1) is 0 Å². The van der Waals surface area contributed by atoms with Gasteiger partial charge in [0.1, 0.15) is 5.82 Å². The Morgan fingerprint density at radius 3 is 2.64 bits per heavy atom. The SMILES string of the molecule is CC(C)C(C)NC(=O)C1CCN(c2ccnc3cc(F)ccc23)CC1. The van der Waals surface area contributed by atoms with E-state index in [2.05, 4.69) is 36.0 Å². The number of halogens is 1. The van der Waals surface area contributed by atoms with Gasteiger partial charge in [-0.05, 0) is 43.9 Å². The summed E-state index contributed by atoms with van der Waals surface area (Å²) in [4.78, 5) is 19.0. The van der Waals surface area contributed by atoms with Gasteiger partial charge in [0.15, 0.2) is 0 Å². The van der Waals surface area contributed by atoms with Gasteiger partial charge in [-0.3, -0.25) is 9.78 Å². The van der Waals surface area contributed by atoms with Crippen molar-refractivity contribution < 1.29 is 9.18 Å². The number of benzene rings is 1. The molecule has 3 rings (SSSR count). The number of carbonyl (C=O) groups excluding carboxylic acids is 1. The van der Waals surface area contributed by atoms with Crippen LogP contribution in [0.2, 0.25) is 0 Å². The standard InChI is InChI=1S/C20H26FN3O/c1-13(2)14(3)23-20(25)15-7-10-24(11-8-15)19-6-9-22-18-12-16(21)4-5-17(18)19/h4-6,9,12-15H,7-8,10-11H2,1-3H3,(H,23,25). The van der Waals surface area contributed by atoms with E-state index in [4.69, 9.17) is 0 Å². The van der Waals surface area contributed by atoms with Crippen LogP contribution in [-0.2, 0) is 4.79 Å². The lowest BCUT2D eigenvalue weighted by Gasteiger charge is -2.34. The number of fused-ring (bicyclic) bond motifs is 1. The van der Waals surface area contributed by atoms with Crippen molar-refractivity contribution >= 4 is 22.5 Å². The molecule has 1 aromatic heterocycles. The molecule has 4 nitrogen and oxygen atoms in total. The number of amides is 1. The Morgan fingerprint density at radius 1 is 1.24 bits per heavy atom. The zero-order chi connectivity index (χ0) is 18.0. The van der Waals surface area contributed by atoms with E-state index in [9.17, 15) is 9.18 Å². The second-order valence-corrected chi connectivity index (χ2v) is 7.29. The number of hydrogen-bond donors (Lipinski definition) is 1. The number of hydrogen-bond acceptors (Lipinski definition) is 3. The van der Waals surface area contributed by atoms with Crippen LogP contribution < -0.4 is 10.2 Å². The molecule has 1 N–H and O–H groups in total. The van der Waals surface area contributed by atoms with E-state index in [1.807, 2.05) is 6.07 Å². The molecule has 1 unspecified atom stereocenters. The van der Waals surface area contributed by atoms with Crippen LogP contribution in [0, 0.1) is 17.7 Å². The molecule has 1 fully saturated rings. The Bertz CT molecular complexity index is 754. The lowest BCUT2D eigenvalue weighted by atomic mass is 9.94. The highest BCUT2D eigenvalue weighted by molar-refractivity contribution is 5.91. The monoisotopic (exact) mass is 343 g/mol. The third-order valence-corrected chi connectivity index (χ3v) is 5.26. The zero-order valence-corrected chi connectivity index (χ0v) is 15.1. The second kappa shape index (κ2) is 7.38. The molecule has 0 radical (unpaired) electrons. The number of piperidine rings is 1. The predicted molar refractivity (Wildman–Crippen MR) is 99.1 cm³/mol. The van der Waals surface area contributed by atoms with Crippen molar-refractivity contribution in [2.24, 2.45) is 11.8 Å². The van der Waals surface area contributed by atoms with Crippen LogP contribution in [-0.4, -0.2) is 30.0 Å². The largest absolute Gasteiger partial charge is 0.371 e. The molecule has 1 aliphatic rings. The Morgan fingerprint density at radius 2 is 1.96 bits per heavy atom. The van der Waals surface area contributed by atoms with Gasteiger partial charge in [0.2, 0.25) is 5.91 Å². The summed E-state index contributed by atoms with van der Waals surface area (Å²) in [6, 6.07) is 6.90. The van der Waals surface area contributed by atoms with E-state index in [1.165, 1.54) is 12.1 Å². The lowest BCUT2D eigenvalue weighted by molar-refractivity contribution is -0.126. The van der Waals surface area contributed by atoms with Crippen LogP contribution in [0.4, 0.5) is 10.1 Å². The predicted octanol–water partition coefficient (Wildman–Crippen LogP) is 3.75. The fraction of sp³-hybridized carbons (Fsp3) is 0.500. The summed E-state index contributed by atoms with van der Waals surface area (Å²) >= 11 is 0. The molecule has 25 heavy (non-hydrogen) atoms. The molecule has 134 valence electrons. The molecule has 2 heterocycles. The first kappa shape index (κ1) is 17.6. The molecule has 2 aromatic rings. The summed E-state index contributed by atoms with van der Waals surface area (Å²) in [6.07, 6.45) is 3.39. The van der Waals surface area contributed by atoms with Crippen molar-refractivity contribution in [3.63, 3.8) is 0 Å². The molecule has 1 saturated heterocycles. The van der Waals surface area contributed by atoms with Gasteiger partial charge in [-0.2, -0.15) is 0 Å². The third kappa shape index (κ3) is 3.91. The van der Waals surface area contributed by atoms with Crippen LogP contribution in [0.3, 0.4) is 0 Å². The summed E-state index contributed by atoms with van der Waals surface area (Å²) in [6.45, 7) is 7.94. The maximum absolute atomic E-state index is 13.4. The van der Waals surface area contributed by atoms with E-state index in [1.54, 1.807) is 12.3 Å². The molecule has 0 aliphatic carbocycles. The number of aromatic nitrogens is 1. The van der Waals surface area contributed by atoms with Gasteiger partial charge in [0.25, 0.3) is 0 Å². The highest BCUT2D eigenvalue weighted by atomic mass is 19.1. The van der Waals surface area contributed by atoms with Gasteiger partial charge >= 0.3 is 0 Å². The number of anilines is 1. The zero-order valence-electron chi connectivity index (χ0n) is 15.1. The average molecular weight is 343 g/mol. The minimum Gasteiger partial charge on any atom is -0.371 e. The number of carbonyl (C=O) groups is 1. The van der Waals surface area contributed by atoms with Crippen molar-refractivity contribution in [2.45, 2.75) is 39.7 Å². The van der Waals surface area contributed by atoms with Gasteiger partial charge in [0.05, 0.1) is 5.52 Å². The van der Waals surface area contributed by atoms with E-state index < -0.39 is 0 Å². The van der Waals surface area contributed by atoms with E-state index in [-0.39, 0.29) is 23.7 Å². The topological polar surface area (TPSA) is 45.2 Å². The smallest absolute Gasteiger partial charge is 0.223 e. The van der Waals surface area contributed by atoms with E-state index in [0.717, 1.165) is 37.0 Å². The minimum atomic E-state index is -0.271. The van der Waals surface area contributed by atoms with Crippen LogP contribution in [0.1, 0.15) is 33.6 Å². The molecule has 1 atom stereocenters. The number of rotatable bonds is 4. The maximum Gasteiger partial charge on any atom is 0.223 e. The number of nitrogens with one attached hydrogen (secondary N) is 1. The molecule has 0 spiro atoms. The van der Waals surface area contributed by atoms with Crippen LogP contribution in [0.5, 0.6) is 0 Å². The number of nitrogens with zero attached hydrogens (tertiary/aromatic N) is 2. The van der Waals surface area contributed by atoms with Crippen molar-refractivity contribution in [3.05, 3.63) is 36.3 Å². The molecule has 0 bridgehead atoms. The van der Waals surface area contributed by atoms with Crippen LogP contribution >= 0.6 is 0 Å². The Hall–Kier alpha value is -2.17. The summed E-state index contributed by atoms with van der Waals surface area (Å²) < 4.78 is 13.4. The second-order valence-electron chi connectivity index (χ2n) is 7.29. The van der Waals surface area contributed by atoms with E-state index in [0.29, 0.717) is 11.4 Å². The third-order valence-electron chi connectivity index (χ3n) is 5.26.